The van der Waals surface area contributed by atoms with Gasteiger partial charge in [-0.25, -0.2) is 9.98 Å². The lowest BCUT2D eigenvalue weighted by atomic mass is 9.93. The number of aromatic amines is 1. The average Bonchev–Trinajstić information content (AvgIpc) is 3.72. The predicted molar refractivity (Wildman–Crippen MR) is 156 cm³/mol. The molecule has 1 amide bonds. The summed E-state index contributed by atoms with van der Waals surface area (Å²) < 4.78 is 0. The fourth-order valence-corrected chi connectivity index (χ4v) is 6.07. The molecule has 3 aliphatic heterocycles. The Morgan fingerprint density at radius 2 is 1.46 bits per heavy atom. The van der Waals surface area contributed by atoms with E-state index in [9.17, 15) is 14.4 Å². The molecule has 0 radical (unpaired) electrons. The molecule has 4 aromatic carbocycles. The maximum Gasteiger partial charge on any atom is 0.228 e. The van der Waals surface area contributed by atoms with Crippen molar-refractivity contribution in [3.05, 3.63) is 141 Å². The van der Waals surface area contributed by atoms with Crippen LogP contribution in [-0.4, -0.2) is 28.2 Å². The molecule has 0 unspecified atom stereocenters. The number of hydrogen-bond donors (Lipinski definition) is 1. The van der Waals surface area contributed by atoms with Crippen LogP contribution in [0.1, 0.15) is 38.9 Å². The topological polar surface area (TPSA) is 95.0 Å². The van der Waals surface area contributed by atoms with E-state index in [2.05, 4.69) is 4.98 Å². The molecule has 4 heterocycles. The van der Waals surface area contributed by atoms with Crippen molar-refractivity contribution in [3.63, 3.8) is 0 Å². The Hall–Kier alpha value is -5.69. The number of anilines is 1. The number of aromatic nitrogens is 1. The lowest BCUT2D eigenvalue weighted by Crippen LogP contribution is -2.27. The van der Waals surface area contributed by atoms with Crippen LogP contribution in [0.15, 0.2) is 118 Å². The third-order valence-electron chi connectivity index (χ3n) is 7.80. The SMILES string of the molecule is CC(=O)N1/C(=C2\N=c3ccccc3=C2c2c(C3=Nc4ccccc4C3=O)[nH]c3ccccc23)C(=O)c2ccccc21. The highest BCUT2D eigenvalue weighted by molar-refractivity contribution is 6.55. The second-order valence-electron chi connectivity index (χ2n) is 10.1. The summed E-state index contributed by atoms with van der Waals surface area (Å²) in [5.41, 5.74) is 5.75. The number of benzene rings is 4. The molecule has 0 spiro atoms. The lowest BCUT2D eigenvalue weighted by Gasteiger charge is -2.19. The third-order valence-corrected chi connectivity index (χ3v) is 7.80. The van der Waals surface area contributed by atoms with E-state index in [0.29, 0.717) is 56.1 Å². The Balaban J connectivity index is 1.48. The third kappa shape index (κ3) is 3.17. The van der Waals surface area contributed by atoms with Crippen molar-refractivity contribution >= 4 is 51.0 Å². The van der Waals surface area contributed by atoms with Gasteiger partial charge in [-0.15, -0.1) is 0 Å². The number of rotatable bonds is 2. The van der Waals surface area contributed by atoms with Crippen molar-refractivity contribution in [1.29, 1.82) is 0 Å². The van der Waals surface area contributed by atoms with E-state index in [1.165, 1.54) is 11.8 Å². The van der Waals surface area contributed by atoms with E-state index in [0.717, 1.165) is 16.1 Å². The van der Waals surface area contributed by atoms with Gasteiger partial charge in [0.15, 0.2) is 0 Å². The Morgan fingerprint density at radius 3 is 2.29 bits per heavy atom. The second kappa shape index (κ2) is 8.40. The molecule has 7 heteroatoms. The number of para-hydroxylation sites is 4. The number of fused-ring (bicyclic) bond motifs is 4. The summed E-state index contributed by atoms with van der Waals surface area (Å²) in [5.74, 6) is -0.745. The van der Waals surface area contributed by atoms with Gasteiger partial charge in [0.05, 0.1) is 22.4 Å². The van der Waals surface area contributed by atoms with E-state index >= 15 is 0 Å². The molecule has 41 heavy (non-hydrogen) atoms. The van der Waals surface area contributed by atoms with Crippen molar-refractivity contribution in [1.82, 2.24) is 4.98 Å². The minimum atomic E-state index is -0.291. The molecular formula is C34H20N4O3. The molecule has 0 aliphatic carbocycles. The van der Waals surface area contributed by atoms with Crippen LogP contribution < -0.4 is 15.5 Å². The van der Waals surface area contributed by atoms with Gasteiger partial charge in [0, 0.05) is 45.3 Å². The molecule has 1 N–H and O–H groups in total. The van der Waals surface area contributed by atoms with Crippen LogP contribution in [-0.2, 0) is 4.79 Å². The number of carbonyl (C=O) groups excluding carboxylic acids is 3. The Labute approximate surface area is 233 Å². The van der Waals surface area contributed by atoms with Gasteiger partial charge in [-0.2, -0.15) is 0 Å². The van der Waals surface area contributed by atoms with Crippen molar-refractivity contribution in [2.24, 2.45) is 9.98 Å². The first kappa shape index (κ1) is 23.2. The van der Waals surface area contributed by atoms with Crippen LogP contribution in [0, 0.1) is 0 Å². The van der Waals surface area contributed by atoms with Gasteiger partial charge >= 0.3 is 0 Å². The molecule has 8 rings (SSSR count). The minimum Gasteiger partial charge on any atom is -0.353 e. The van der Waals surface area contributed by atoms with E-state index in [1.54, 1.807) is 30.3 Å². The zero-order valence-corrected chi connectivity index (χ0v) is 21.8. The van der Waals surface area contributed by atoms with E-state index in [4.69, 9.17) is 9.98 Å². The van der Waals surface area contributed by atoms with Gasteiger partial charge in [0.1, 0.15) is 17.1 Å². The predicted octanol–water partition coefficient (Wildman–Crippen LogP) is 4.78. The summed E-state index contributed by atoms with van der Waals surface area (Å²) in [4.78, 5) is 55.3. The van der Waals surface area contributed by atoms with Crippen LogP contribution in [0.5, 0.6) is 0 Å². The fourth-order valence-electron chi connectivity index (χ4n) is 6.07. The first-order valence-corrected chi connectivity index (χ1v) is 13.2. The number of amides is 1. The fraction of sp³-hybridized carbons (Fsp3) is 0.0294. The number of allylic oxidation sites excluding steroid dienone is 2. The highest BCUT2D eigenvalue weighted by Crippen LogP contribution is 2.42. The molecule has 194 valence electrons. The molecular weight excluding hydrogens is 512 g/mol. The molecule has 0 saturated heterocycles. The van der Waals surface area contributed by atoms with Gasteiger partial charge in [0.2, 0.25) is 17.5 Å². The van der Waals surface area contributed by atoms with Crippen molar-refractivity contribution in [3.8, 4) is 0 Å². The van der Waals surface area contributed by atoms with Crippen LogP contribution >= 0.6 is 0 Å². The summed E-state index contributed by atoms with van der Waals surface area (Å²) in [6, 6.07) is 29.8. The van der Waals surface area contributed by atoms with E-state index in [1.807, 2.05) is 66.7 Å². The summed E-state index contributed by atoms with van der Waals surface area (Å²) >= 11 is 0. The molecule has 0 bridgehead atoms. The monoisotopic (exact) mass is 532 g/mol. The number of carbonyl (C=O) groups is 3. The standard InChI is InChI=1S/C34H20N4O3/c1-18(39)38-26-17-9-5-13-22(26)34(41)32(38)30-28(20-11-3-7-15-24(20)36-30)27-19-10-2-6-14-23(19)35-29(27)31-33(40)21-12-4-8-16-25(21)37-31/h2-17,35H,1H3/b32-30-. The van der Waals surface area contributed by atoms with E-state index in [-0.39, 0.29) is 23.2 Å². The van der Waals surface area contributed by atoms with Gasteiger partial charge in [-0.1, -0.05) is 60.7 Å². The number of aliphatic imine (C=N–C) groups is 1. The zero-order valence-electron chi connectivity index (χ0n) is 21.8. The average molecular weight is 533 g/mol. The van der Waals surface area contributed by atoms with Crippen LogP contribution in [0.3, 0.4) is 0 Å². The maximum atomic E-state index is 14.0. The van der Waals surface area contributed by atoms with Crippen molar-refractivity contribution in [2.45, 2.75) is 6.92 Å². The second-order valence-corrected chi connectivity index (χ2v) is 10.1. The Morgan fingerprint density at radius 1 is 0.756 bits per heavy atom. The van der Waals surface area contributed by atoms with E-state index < -0.39 is 0 Å². The molecule has 3 aliphatic rings. The molecule has 0 fully saturated rings. The number of H-pyrrole nitrogens is 1. The minimum absolute atomic E-state index is 0.179. The highest BCUT2D eigenvalue weighted by Gasteiger charge is 2.40. The summed E-state index contributed by atoms with van der Waals surface area (Å²) in [5, 5.41) is 2.33. The van der Waals surface area contributed by atoms with Crippen LogP contribution in [0.2, 0.25) is 0 Å². The van der Waals surface area contributed by atoms with Gasteiger partial charge < -0.3 is 4.98 Å². The summed E-state index contributed by atoms with van der Waals surface area (Å²) in [6.45, 7) is 1.44. The Bertz CT molecular complexity index is 2240. The van der Waals surface area contributed by atoms with Crippen molar-refractivity contribution < 1.29 is 14.4 Å². The first-order chi connectivity index (χ1) is 20.0. The molecule has 5 aromatic rings. The smallest absolute Gasteiger partial charge is 0.228 e. The van der Waals surface area contributed by atoms with Crippen LogP contribution in [0.25, 0.3) is 16.5 Å². The number of ketones is 2. The molecule has 0 atom stereocenters. The quantitative estimate of drug-likeness (QED) is 0.332. The normalized spacial score (nSPS) is 17.0. The van der Waals surface area contributed by atoms with Crippen molar-refractivity contribution in [2.75, 3.05) is 4.90 Å². The number of hydrogen-bond acceptors (Lipinski definition) is 5. The van der Waals surface area contributed by atoms with Gasteiger partial charge in [-0.05, 0) is 36.4 Å². The highest BCUT2D eigenvalue weighted by atomic mass is 16.2. The largest absolute Gasteiger partial charge is 0.353 e. The van der Waals surface area contributed by atoms with Crippen LogP contribution in [0.4, 0.5) is 11.4 Å². The first-order valence-electron chi connectivity index (χ1n) is 13.2. The Kier molecular flexibility index (Phi) is 4.76. The molecule has 1 aromatic heterocycles. The number of nitrogens with one attached hydrogen (secondary N) is 1. The zero-order chi connectivity index (χ0) is 27.8. The number of Topliss-reactive ketones (excluding diaryl/α,β-unsaturated/α-hetero) is 2. The van der Waals surface area contributed by atoms with Gasteiger partial charge in [0.25, 0.3) is 0 Å². The van der Waals surface area contributed by atoms with Gasteiger partial charge in [-0.3, -0.25) is 19.3 Å². The summed E-state index contributed by atoms with van der Waals surface area (Å²) in [7, 11) is 0. The maximum absolute atomic E-state index is 14.0. The summed E-state index contributed by atoms with van der Waals surface area (Å²) in [6.07, 6.45) is 0. The number of nitrogens with zero attached hydrogens (tertiary/aromatic N) is 3. The molecule has 0 saturated carbocycles. The lowest BCUT2D eigenvalue weighted by molar-refractivity contribution is -0.116. The molecule has 7 nitrogen and oxygen atoms in total.